The van der Waals surface area contributed by atoms with Crippen molar-refractivity contribution < 1.29 is 23.9 Å². The Labute approximate surface area is 144 Å². The number of fused-ring (bicyclic) bond motifs is 1. The fourth-order valence-electron chi connectivity index (χ4n) is 3.09. The third-order valence-electron chi connectivity index (χ3n) is 4.36. The number of rotatable bonds is 5. The lowest BCUT2D eigenvalue weighted by molar-refractivity contribution is -0.137. The van der Waals surface area contributed by atoms with Gasteiger partial charge in [0.25, 0.3) is 5.91 Å². The number of imide groups is 1. The van der Waals surface area contributed by atoms with E-state index in [2.05, 4.69) is 10.6 Å². The predicted octanol–water partition coefficient (Wildman–Crippen LogP) is -0.290. The second-order valence-electron chi connectivity index (χ2n) is 6.10. The van der Waals surface area contributed by atoms with Gasteiger partial charge in [0, 0.05) is 32.2 Å². The second kappa shape index (κ2) is 7.02. The molecule has 1 atom stereocenters. The van der Waals surface area contributed by atoms with Crippen molar-refractivity contribution in [2.75, 3.05) is 13.7 Å². The summed E-state index contributed by atoms with van der Waals surface area (Å²) in [4.78, 5) is 48.9. The van der Waals surface area contributed by atoms with Gasteiger partial charge in [-0.2, -0.15) is 0 Å². The summed E-state index contributed by atoms with van der Waals surface area (Å²) >= 11 is 0. The van der Waals surface area contributed by atoms with Crippen molar-refractivity contribution in [3.63, 3.8) is 0 Å². The molecule has 0 radical (unpaired) electrons. The number of hydrogen-bond donors (Lipinski definition) is 2. The SMILES string of the molecule is COCC(=O)NCc1ccc2c(c1)C(=O)N(C1CCC(=O)NC1=O)C2. The summed E-state index contributed by atoms with van der Waals surface area (Å²) < 4.78 is 4.75. The number of nitrogens with one attached hydrogen (secondary N) is 2. The maximum absolute atomic E-state index is 12.7. The van der Waals surface area contributed by atoms with Crippen LogP contribution < -0.4 is 10.6 Å². The first-order valence-corrected chi connectivity index (χ1v) is 8.01. The fourth-order valence-corrected chi connectivity index (χ4v) is 3.09. The molecule has 1 unspecified atom stereocenters. The maximum atomic E-state index is 12.7. The van der Waals surface area contributed by atoms with E-state index in [1.165, 1.54) is 12.0 Å². The minimum absolute atomic E-state index is 0.0207. The molecule has 0 bridgehead atoms. The molecule has 2 aliphatic heterocycles. The van der Waals surface area contributed by atoms with Crippen LogP contribution in [0.3, 0.4) is 0 Å². The summed E-state index contributed by atoms with van der Waals surface area (Å²) in [6.45, 7) is 0.616. The van der Waals surface area contributed by atoms with Gasteiger partial charge in [0.2, 0.25) is 17.7 Å². The molecular formula is C17H19N3O5. The molecule has 8 heteroatoms. The molecule has 0 spiro atoms. The maximum Gasteiger partial charge on any atom is 0.255 e. The lowest BCUT2D eigenvalue weighted by Crippen LogP contribution is -2.52. The van der Waals surface area contributed by atoms with Gasteiger partial charge in [-0.05, 0) is 23.6 Å². The Hall–Kier alpha value is -2.74. The number of nitrogens with zero attached hydrogens (tertiary/aromatic N) is 1. The first-order valence-electron chi connectivity index (χ1n) is 8.01. The van der Waals surface area contributed by atoms with Gasteiger partial charge in [0.1, 0.15) is 12.6 Å². The molecule has 0 aliphatic carbocycles. The highest BCUT2D eigenvalue weighted by molar-refractivity contribution is 6.05. The van der Waals surface area contributed by atoms with E-state index in [0.717, 1.165) is 11.1 Å². The fraction of sp³-hybridized carbons (Fsp3) is 0.412. The van der Waals surface area contributed by atoms with Crippen LogP contribution in [0.1, 0.15) is 34.3 Å². The summed E-state index contributed by atoms with van der Waals surface area (Å²) in [5.74, 6) is -1.20. The minimum Gasteiger partial charge on any atom is -0.375 e. The van der Waals surface area contributed by atoms with Crippen molar-refractivity contribution in [3.8, 4) is 0 Å². The Bertz CT molecular complexity index is 746. The highest BCUT2D eigenvalue weighted by Gasteiger charge is 2.39. The molecule has 0 saturated carbocycles. The molecule has 2 heterocycles. The van der Waals surface area contributed by atoms with Crippen molar-refractivity contribution in [1.29, 1.82) is 0 Å². The van der Waals surface area contributed by atoms with Gasteiger partial charge in [0.05, 0.1) is 0 Å². The van der Waals surface area contributed by atoms with Crippen LogP contribution in [0.2, 0.25) is 0 Å². The number of piperidine rings is 1. The monoisotopic (exact) mass is 345 g/mol. The van der Waals surface area contributed by atoms with Gasteiger partial charge in [-0.15, -0.1) is 0 Å². The molecule has 3 rings (SSSR count). The van der Waals surface area contributed by atoms with Crippen LogP contribution in [0.15, 0.2) is 18.2 Å². The van der Waals surface area contributed by atoms with E-state index in [1.54, 1.807) is 6.07 Å². The zero-order chi connectivity index (χ0) is 18.0. The van der Waals surface area contributed by atoms with E-state index in [9.17, 15) is 19.2 Å². The Kier molecular flexibility index (Phi) is 4.80. The number of ether oxygens (including phenoxy) is 1. The third-order valence-corrected chi connectivity index (χ3v) is 4.36. The van der Waals surface area contributed by atoms with E-state index >= 15 is 0 Å². The average Bonchev–Trinajstić information content (AvgIpc) is 2.90. The van der Waals surface area contributed by atoms with Crippen LogP contribution in [-0.4, -0.2) is 48.3 Å². The first-order chi connectivity index (χ1) is 12.0. The van der Waals surface area contributed by atoms with Crippen LogP contribution >= 0.6 is 0 Å². The lowest BCUT2D eigenvalue weighted by Gasteiger charge is -2.29. The van der Waals surface area contributed by atoms with Crippen LogP contribution in [0.25, 0.3) is 0 Å². The van der Waals surface area contributed by atoms with Crippen molar-refractivity contribution in [2.45, 2.75) is 32.0 Å². The smallest absolute Gasteiger partial charge is 0.255 e. The molecule has 1 saturated heterocycles. The van der Waals surface area contributed by atoms with Crippen LogP contribution in [0, 0.1) is 0 Å². The number of amides is 4. The molecule has 4 amide bonds. The van der Waals surface area contributed by atoms with Crippen molar-refractivity contribution >= 4 is 23.6 Å². The van der Waals surface area contributed by atoms with Crippen molar-refractivity contribution in [2.24, 2.45) is 0 Å². The summed E-state index contributed by atoms with van der Waals surface area (Å²) in [6, 6.07) is 4.78. The quantitative estimate of drug-likeness (QED) is 0.714. The largest absolute Gasteiger partial charge is 0.375 e. The summed E-state index contributed by atoms with van der Waals surface area (Å²) in [7, 11) is 1.44. The lowest BCUT2D eigenvalue weighted by atomic mass is 10.0. The second-order valence-corrected chi connectivity index (χ2v) is 6.10. The molecule has 2 N–H and O–H groups in total. The zero-order valence-electron chi connectivity index (χ0n) is 13.8. The summed E-state index contributed by atoms with van der Waals surface area (Å²) in [5, 5.41) is 4.98. The molecule has 132 valence electrons. The highest BCUT2D eigenvalue weighted by Crippen LogP contribution is 2.28. The number of benzene rings is 1. The van der Waals surface area contributed by atoms with Crippen molar-refractivity contribution in [1.82, 2.24) is 15.5 Å². The molecule has 1 aromatic rings. The van der Waals surface area contributed by atoms with Gasteiger partial charge in [-0.25, -0.2) is 0 Å². The molecule has 2 aliphatic rings. The van der Waals surface area contributed by atoms with Gasteiger partial charge >= 0.3 is 0 Å². The molecular weight excluding hydrogens is 326 g/mol. The van der Waals surface area contributed by atoms with Gasteiger partial charge in [-0.3, -0.25) is 24.5 Å². The van der Waals surface area contributed by atoms with Crippen LogP contribution in [0.4, 0.5) is 0 Å². The molecule has 1 fully saturated rings. The average molecular weight is 345 g/mol. The third kappa shape index (κ3) is 3.53. The Morgan fingerprint density at radius 1 is 1.36 bits per heavy atom. The Balaban J connectivity index is 1.70. The van der Waals surface area contributed by atoms with E-state index in [0.29, 0.717) is 25.1 Å². The van der Waals surface area contributed by atoms with Crippen molar-refractivity contribution in [3.05, 3.63) is 34.9 Å². The molecule has 8 nitrogen and oxygen atoms in total. The standard InChI is InChI=1S/C17H19N3O5/c1-25-9-15(22)18-7-10-2-3-11-8-20(17(24)12(11)6-10)13-4-5-14(21)19-16(13)23/h2-3,6,13H,4-5,7-9H2,1H3,(H,18,22)(H,19,21,23). The van der Waals surface area contributed by atoms with Crippen LogP contribution in [-0.2, 0) is 32.2 Å². The highest BCUT2D eigenvalue weighted by atomic mass is 16.5. The topological polar surface area (TPSA) is 105 Å². The zero-order valence-corrected chi connectivity index (χ0v) is 13.8. The van der Waals surface area contributed by atoms with Crippen LogP contribution in [0.5, 0.6) is 0 Å². The molecule has 0 aromatic heterocycles. The molecule has 1 aromatic carbocycles. The Morgan fingerprint density at radius 3 is 2.88 bits per heavy atom. The van der Waals surface area contributed by atoms with Gasteiger partial charge < -0.3 is 15.0 Å². The van der Waals surface area contributed by atoms with E-state index in [-0.39, 0.29) is 30.7 Å². The van der Waals surface area contributed by atoms with E-state index in [4.69, 9.17) is 4.74 Å². The van der Waals surface area contributed by atoms with Gasteiger partial charge in [0.15, 0.2) is 0 Å². The number of carbonyl (C=O) groups is 4. The summed E-state index contributed by atoms with van der Waals surface area (Å²) in [5.41, 5.74) is 2.16. The first kappa shape index (κ1) is 17.1. The van der Waals surface area contributed by atoms with E-state index in [1.807, 2.05) is 12.1 Å². The predicted molar refractivity (Wildman–Crippen MR) is 86.2 cm³/mol. The normalized spacial score (nSPS) is 19.6. The number of hydrogen-bond acceptors (Lipinski definition) is 5. The number of carbonyl (C=O) groups excluding carboxylic acids is 4. The minimum atomic E-state index is -0.623. The van der Waals surface area contributed by atoms with Gasteiger partial charge in [-0.1, -0.05) is 12.1 Å². The summed E-state index contributed by atoms with van der Waals surface area (Å²) in [6.07, 6.45) is 0.567. The number of methoxy groups -OCH3 is 1. The molecule has 25 heavy (non-hydrogen) atoms. The van der Waals surface area contributed by atoms with E-state index < -0.39 is 11.9 Å². The Morgan fingerprint density at radius 2 is 2.16 bits per heavy atom.